The van der Waals surface area contributed by atoms with Crippen LogP contribution in [0.3, 0.4) is 0 Å². The van der Waals surface area contributed by atoms with Crippen LogP contribution in [-0.2, 0) is 11.3 Å². The van der Waals surface area contributed by atoms with E-state index in [9.17, 15) is 4.79 Å². The Hall–Kier alpha value is -2.34. The second-order valence-electron chi connectivity index (χ2n) is 6.70. The second-order valence-corrected chi connectivity index (χ2v) is 7.61. The minimum absolute atomic E-state index is 0.0416. The number of pyridine rings is 1. The minimum atomic E-state index is 0.0416. The van der Waals surface area contributed by atoms with Crippen LogP contribution in [0.5, 0.6) is 5.75 Å². The van der Waals surface area contributed by atoms with Crippen molar-refractivity contribution in [2.45, 2.75) is 39.7 Å². The van der Waals surface area contributed by atoms with Crippen molar-refractivity contribution < 1.29 is 9.53 Å². The minimum Gasteiger partial charge on any atom is -0.493 e. The number of nitrogens with one attached hydrogen (secondary N) is 1. The molecule has 2 heterocycles. The Morgan fingerprint density at radius 2 is 2.04 bits per heavy atom. The van der Waals surface area contributed by atoms with Crippen molar-refractivity contribution in [1.82, 2.24) is 14.7 Å². The molecule has 0 unspecified atom stereocenters. The molecule has 5 nitrogen and oxygen atoms in total. The third-order valence-corrected chi connectivity index (χ3v) is 4.80. The first-order valence-corrected chi connectivity index (χ1v) is 9.90. The molecular weight excluding hydrogens is 406 g/mol. The number of fused-ring (bicyclic) bond motifs is 1. The Bertz CT molecular complexity index is 936. The van der Waals surface area contributed by atoms with Crippen LogP contribution < -0.4 is 10.1 Å². The van der Waals surface area contributed by atoms with Crippen LogP contribution in [0.25, 0.3) is 5.65 Å². The number of rotatable bonds is 8. The zero-order chi connectivity index (χ0) is 19.2. The van der Waals surface area contributed by atoms with Gasteiger partial charge in [0.05, 0.1) is 18.8 Å². The normalized spacial score (nSPS) is 10.9. The molecule has 2 aromatic heterocycles. The van der Waals surface area contributed by atoms with E-state index < -0.39 is 0 Å². The quantitative estimate of drug-likeness (QED) is 0.533. The lowest BCUT2D eigenvalue weighted by Crippen LogP contribution is -2.22. The predicted octanol–water partition coefficient (Wildman–Crippen LogP) is 4.58. The highest BCUT2D eigenvalue weighted by molar-refractivity contribution is 9.10. The highest BCUT2D eigenvalue weighted by Crippen LogP contribution is 2.19. The molecule has 0 fully saturated rings. The fourth-order valence-corrected chi connectivity index (χ4v) is 3.17. The highest BCUT2D eigenvalue weighted by Gasteiger charge is 2.06. The van der Waals surface area contributed by atoms with Crippen LogP contribution in [0.1, 0.15) is 36.1 Å². The molecule has 0 saturated heterocycles. The Balaban J connectivity index is 1.36. The van der Waals surface area contributed by atoms with Gasteiger partial charge in [0, 0.05) is 23.3 Å². The number of ether oxygens (including phenoxy) is 1. The average Bonchev–Trinajstić information content (AvgIpc) is 3.04. The Morgan fingerprint density at radius 1 is 1.19 bits per heavy atom. The van der Waals surface area contributed by atoms with Crippen molar-refractivity contribution in [2.75, 3.05) is 6.61 Å². The van der Waals surface area contributed by atoms with Crippen molar-refractivity contribution in [3.63, 3.8) is 0 Å². The lowest BCUT2D eigenvalue weighted by molar-refractivity contribution is -0.121. The molecule has 0 spiro atoms. The summed E-state index contributed by atoms with van der Waals surface area (Å²) in [5.41, 5.74) is 4.04. The van der Waals surface area contributed by atoms with E-state index >= 15 is 0 Å². The van der Waals surface area contributed by atoms with E-state index in [0.717, 1.165) is 40.0 Å². The summed E-state index contributed by atoms with van der Waals surface area (Å²) >= 11 is 3.44. The fourth-order valence-electron chi connectivity index (χ4n) is 2.81. The number of nitrogens with zero attached hydrogens (tertiary/aromatic N) is 2. The first kappa shape index (κ1) is 19.4. The first-order chi connectivity index (χ1) is 13.0. The van der Waals surface area contributed by atoms with Gasteiger partial charge in [0.1, 0.15) is 11.4 Å². The first-order valence-electron chi connectivity index (χ1n) is 9.11. The Kier molecular flexibility index (Phi) is 6.50. The Morgan fingerprint density at radius 3 is 2.89 bits per heavy atom. The van der Waals surface area contributed by atoms with E-state index in [1.54, 1.807) is 0 Å². The zero-order valence-corrected chi connectivity index (χ0v) is 17.3. The van der Waals surface area contributed by atoms with E-state index in [2.05, 4.69) is 51.4 Å². The maximum Gasteiger partial charge on any atom is 0.220 e. The number of benzene rings is 1. The zero-order valence-electron chi connectivity index (χ0n) is 15.7. The van der Waals surface area contributed by atoms with Crippen molar-refractivity contribution in [1.29, 1.82) is 0 Å². The summed E-state index contributed by atoms with van der Waals surface area (Å²) in [6.07, 6.45) is 6.02. The lowest BCUT2D eigenvalue weighted by Gasteiger charge is -2.10. The molecule has 3 aromatic rings. The van der Waals surface area contributed by atoms with E-state index in [-0.39, 0.29) is 5.91 Å². The molecule has 0 bridgehead atoms. The SMILES string of the molecule is Cc1ccc(C)c(OCCCCC(=O)NCc2cn3cc(Br)ccc3n2)c1. The summed E-state index contributed by atoms with van der Waals surface area (Å²) in [7, 11) is 0. The summed E-state index contributed by atoms with van der Waals surface area (Å²) in [5, 5.41) is 2.93. The summed E-state index contributed by atoms with van der Waals surface area (Å²) in [6, 6.07) is 10.1. The number of carbonyl (C=O) groups is 1. The molecule has 0 saturated carbocycles. The standard InChI is InChI=1S/C21H24BrN3O2/c1-15-6-7-16(2)19(11-15)27-10-4-3-5-21(26)23-12-18-14-25-13-17(22)8-9-20(25)24-18/h6-9,11,13-14H,3-5,10,12H2,1-2H3,(H,23,26). The van der Waals surface area contributed by atoms with E-state index in [1.807, 2.05) is 35.9 Å². The monoisotopic (exact) mass is 429 g/mol. The van der Waals surface area contributed by atoms with Gasteiger partial charge in [-0.2, -0.15) is 0 Å². The number of carbonyl (C=O) groups excluding carboxylic acids is 1. The fraction of sp³-hybridized carbons (Fsp3) is 0.333. The number of hydrogen-bond acceptors (Lipinski definition) is 3. The van der Waals surface area contributed by atoms with Crippen LogP contribution in [-0.4, -0.2) is 21.9 Å². The van der Waals surface area contributed by atoms with Crippen molar-refractivity contribution in [2.24, 2.45) is 0 Å². The molecule has 3 rings (SSSR count). The van der Waals surface area contributed by atoms with Crippen molar-refractivity contribution >= 4 is 27.5 Å². The molecule has 27 heavy (non-hydrogen) atoms. The summed E-state index contributed by atoms with van der Waals surface area (Å²) in [4.78, 5) is 16.5. The maximum atomic E-state index is 12.0. The van der Waals surface area contributed by atoms with Gasteiger partial charge >= 0.3 is 0 Å². The Labute approximate surface area is 167 Å². The van der Waals surface area contributed by atoms with E-state index in [1.165, 1.54) is 5.56 Å². The number of imidazole rings is 1. The highest BCUT2D eigenvalue weighted by atomic mass is 79.9. The third-order valence-electron chi connectivity index (χ3n) is 4.33. The molecule has 0 aliphatic rings. The van der Waals surface area contributed by atoms with Gasteiger partial charge in [-0.1, -0.05) is 12.1 Å². The molecule has 0 aliphatic heterocycles. The van der Waals surface area contributed by atoms with Crippen molar-refractivity contribution in [3.05, 3.63) is 64.0 Å². The van der Waals surface area contributed by atoms with Gasteiger partial charge < -0.3 is 14.5 Å². The van der Waals surface area contributed by atoms with Gasteiger partial charge in [-0.15, -0.1) is 0 Å². The lowest BCUT2D eigenvalue weighted by atomic mass is 10.1. The van der Waals surface area contributed by atoms with Crippen LogP contribution in [0, 0.1) is 13.8 Å². The van der Waals surface area contributed by atoms with Gasteiger partial charge in [0.15, 0.2) is 0 Å². The molecule has 0 atom stereocenters. The maximum absolute atomic E-state index is 12.0. The second kappa shape index (κ2) is 9.04. The topological polar surface area (TPSA) is 55.6 Å². The number of unbranched alkanes of at least 4 members (excludes halogenated alkanes) is 1. The van der Waals surface area contributed by atoms with Crippen LogP contribution in [0.2, 0.25) is 0 Å². The molecule has 1 N–H and O–H groups in total. The largest absolute Gasteiger partial charge is 0.493 e. The van der Waals surface area contributed by atoms with Crippen molar-refractivity contribution in [3.8, 4) is 5.75 Å². The number of hydrogen-bond donors (Lipinski definition) is 1. The number of aryl methyl sites for hydroxylation is 2. The number of halogens is 1. The molecule has 142 valence electrons. The summed E-state index contributed by atoms with van der Waals surface area (Å²) in [6.45, 7) is 5.16. The molecule has 0 aliphatic carbocycles. The number of amides is 1. The van der Waals surface area contributed by atoms with E-state index in [4.69, 9.17) is 4.74 Å². The van der Waals surface area contributed by atoms with Gasteiger partial charge in [0.25, 0.3) is 0 Å². The summed E-state index contributed by atoms with van der Waals surface area (Å²) in [5.74, 6) is 0.970. The smallest absolute Gasteiger partial charge is 0.220 e. The van der Waals surface area contributed by atoms with Crippen LogP contribution in [0.15, 0.2) is 47.2 Å². The van der Waals surface area contributed by atoms with Gasteiger partial charge in [-0.25, -0.2) is 4.98 Å². The molecule has 1 amide bonds. The predicted molar refractivity (Wildman–Crippen MR) is 110 cm³/mol. The summed E-state index contributed by atoms with van der Waals surface area (Å²) < 4.78 is 8.76. The molecule has 1 aromatic carbocycles. The van der Waals surface area contributed by atoms with E-state index in [0.29, 0.717) is 19.6 Å². The average molecular weight is 430 g/mol. The molecular formula is C21H24BrN3O2. The van der Waals surface area contributed by atoms with Crippen LogP contribution >= 0.6 is 15.9 Å². The van der Waals surface area contributed by atoms with Gasteiger partial charge in [-0.05, 0) is 71.9 Å². The van der Waals surface area contributed by atoms with Gasteiger partial charge in [-0.3, -0.25) is 4.79 Å². The third kappa shape index (κ3) is 5.57. The number of aromatic nitrogens is 2. The molecule has 0 radical (unpaired) electrons. The van der Waals surface area contributed by atoms with Gasteiger partial charge in [0.2, 0.25) is 5.91 Å². The van der Waals surface area contributed by atoms with Crippen LogP contribution in [0.4, 0.5) is 0 Å². The molecule has 6 heteroatoms.